The van der Waals surface area contributed by atoms with E-state index in [1.165, 1.54) is 18.5 Å². The third kappa shape index (κ3) is 4.38. The number of benzene rings is 1. The molecule has 1 saturated heterocycles. The molecule has 1 aromatic heterocycles. The maximum Gasteiger partial charge on any atom is 0.251 e. The largest absolute Gasteiger partial charge is 0.470 e. The van der Waals surface area contributed by atoms with Crippen molar-refractivity contribution in [2.45, 2.75) is 18.9 Å². The number of likely N-dealkylation sites (tertiary alicyclic amines) is 1. The summed E-state index contributed by atoms with van der Waals surface area (Å²) in [7, 11) is 0. The van der Waals surface area contributed by atoms with Gasteiger partial charge in [0.25, 0.3) is 5.88 Å². The first kappa shape index (κ1) is 17.9. The van der Waals surface area contributed by atoms with Crippen molar-refractivity contribution in [1.29, 1.82) is 5.26 Å². The smallest absolute Gasteiger partial charge is 0.251 e. The van der Waals surface area contributed by atoms with Crippen molar-refractivity contribution in [2.75, 3.05) is 13.1 Å². The van der Waals surface area contributed by atoms with Gasteiger partial charge in [0.2, 0.25) is 11.6 Å². The summed E-state index contributed by atoms with van der Waals surface area (Å²) in [5.41, 5.74) is 0.945. The Bertz CT molecular complexity index is 863. The molecule has 1 aromatic carbocycles. The number of aromatic nitrogens is 2. The lowest BCUT2D eigenvalue weighted by Crippen LogP contribution is -2.43. The summed E-state index contributed by atoms with van der Waals surface area (Å²) in [4.78, 5) is 22.2. The topological polar surface area (TPSA) is 79.1 Å². The van der Waals surface area contributed by atoms with Crippen LogP contribution in [0.3, 0.4) is 0 Å². The lowest BCUT2D eigenvalue weighted by atomic mass is 10.1. The van der Waals surface area contributed by atoms with Crippen LogP contribution in [0, 0.1) is 11.3 Å². The molecule has 1 fully saturated rings. The zero-order valence-corrected chi connectivity index (χ0v) is 14.8. The molecule has 7 heteroatoms. The van der Waals surface area contributed by atoms with Crippen molar-refractivity contribution in [3.8, 4) is 11.9 Å². The molecular formula is C19H17ClN4O2. The Kier molecular flexibility index (Phi) is 5.82. The second-order valence-electron chi connectivity index (χ2n) is 5.84. The normalized spacial score (nSPS) is 17.1. The van der Waals surface area contributed by atoms with Crippen molar-refractivity contribution in [1.82, 2.24) is 14.9 Å². The number of carbonyl (C=O) groups excluding carboxylic acids is 1. The van der Waals surface area contributed by atoms with Crippen LogP contribution < -0.4 is 4.74 Å². The fraction of sp³-hybridized carbons (Fsp3) is 0.263. The number of hydrogen-bond acceptors (Lipinski definition) is 5. The van der Waals surface area contributed by atoms with Gasteiger partial charge < -0.3 is 9.64 Å². The van der Waals surface area contributed by atoms with E-state index in [-0.39, 0.29) is 23.6 Å². The molecule has 26 heavy (non-hydrogen) atoms. The highest BCUT2D eigenvalue weighted by Gasteiger charge is 2.25. The average molecular weight is 369 g/mol. The number of hydrogen-bond donors (Lipinski definition) is 0. The van der Waals surface area contributed by atoms with E-state index in [4.69, 9.17) is 21.6 Å². The molecule has 1 amide bonds. The second-order valence-corrected chi connectivity index (χ2v) is 6.25. The number of piperidine rings is 1. The fourth-order valence-electron chi connectivity index (χ4n) is 2.76. The van der Waals surface area contributed by atoms with E-state index in [0.29, 0.717) is 18.1 Å². The predicted octanol–water partition coefficient (Wildman–Crippen LogP) is 3.08. The van der Waals surface area contributed by atoms with Crippen molar-refractivity contribution in [3.63, 3.8) is 0 Å². The molecule has 0 spiro atoms. The number of nitriles is 1. The first-order valence-electron chi connectivity index (χ1n) is 8.26. The van der Waals surface area contributed by atoms with Crippen LogP contribution in [-0.2, 0) is 4.79 Å². The van der Waals surface area contributed by atoms with Crippen molar-refractivity contribution in [2.24, 2.45) is 0 Å². The molecule has 2 heterocycles. The third-order valence-electron chi connectivity index (χ3n) is 4.05. The molecule has 1 aliphatic heterocycles. The van der Waals surface area contributed by atoms with Crippen molar-refractivity contribution < 1.29 is 9.53 Å². The molecule has 6 nitrogen and oxygen atoms in total. The van der Waals surface area contributed by atoms with Crippen LogP contribution >= 0.6 is 11.6 Å². The molecule has 0 radical (unpaired) electrons. The first-order chi connectivity index (χ1) is 12.7. The predicted molar refractivity (Wildman–Crippen MR) is 97.5 cm³/mol. The highest BCUT2D eigenvalue weighted by molar-refractivity contribution is 6.32. The number of amides is 1. The van der Waals surface area contributed by atoms with Gasteiger partial charge >= 0.3 is 0 Å². The molecule has 0 N–H and O–H groups in total. The SMILES string of the molecule is N#Cc1nccnc1OC1CCCN(C(=O)/C=C/c2ccccc2Cl)C1. The summed E-state index contributed by atoms with van der Waals surface area (Å²) < 4.78 is 5.80. The first-order valence-corrected chi connectivity index (χ1v) is 8.64. The summed E-state index contributed by atoms with van der Waals surface area (Å²) in [6.45, 7) is 1.10. The van der Waals surface area contributed by atoms with Gasteiger partial charge in [-0.2, -0.15) is 5.26 Å². The molecule has 3 rings (SSSR count). The van der Waals surface area contributed by atoms with Gasteiger partial charge in [0, 0.05) is 30.0 Å². The summed E-state index contributed by atoms with van der Waals surface area (Å²) in [6, 6.07) is 9.31. The van der Waals surface area contributed by atoms with Crippen LogP contribution in [0.2, 0.25) is 5.02 Å². The number of rotatable bonds is 4. The number of halogens is 1. The van der Waals surface area contributed by atoms with Gasteiger partial charge in [0.15, 0.2) is 0 Å². The average Bonchev–Trinajstić information content (AvgIpc) is 2.68. The fourth-order valence-corrected chi connectivity index (χ4v) is 2.96. The number of carbonyl (C=O) groups is 1. The van der Waals surface area contributed by atoms with Gasteiger partial charge in [-0.3, -0.25) is 4.79 Å². The van der Waals surface area contributed by atoms with E-state index in [2.05, 4.69) is 9.97 Å². The Balaban J connectivity index is 1.64. The van der Waals surface area contributed by atoms with Gasteiger partial charge in [-0.15, -0.1) is 0 Å². The minimum atomic E-state index is -0.217. The van der Waals surface area contributed by atoms with E-state index in [0.717, 1.165) is 18.4 Å². The third-order valence-corrected chi connectivity index (χ3v) is 4.39. The Morgan fingerprint density at radius 1 is 1.35 bits per heavy atom. The quantitative estimate of drug-likeness (QED) is 0.775. The lowest BCUT2D eigenvalue weighted by Gasteiger charge is -2.32. The van der Waals surface area contributed by atoms with Crippen LogP contribution in [0.15, 0.2) is 42.7 Å². The van der Waals surface area contributed by atoms with Gasteiger partial charge in [-0.25, -0.2) is 9.97 Å². The maximum atomic E-state index is 12.5. The molecule has 0 bridgehead atoms. The monoisotopic (exact) mass is 368 g/mol. The Morgan fingerprint density at radius 2 is 2.15 bits per heavy atom. The molecule has 2 aromatic rings. The van der Waals surface area contributed by atoms with Crippen molar-refractivity contribution in [3.05, 3.63) is 59.0 Å². The summed E-state index contributed by atoms with van der Waals surface area (Å²) >= 11 is 6.10. The van der Waals surface area contributed by atoms with Crippen LogP contribution in [0.4, 0.5) is 0 Å². The highest BCUT2D eigenvalue weighted by Crippen LogP contribution is 2.20. The van der Waals surface area contributed by atoms with Gasteiger partial charge in [0.1, 0.15) is 12.2 Å². The second kappa shape index (κ2) is 8.45. The molecule has 0 aliphatic carbocycles. The molecule has 132 valence electrons. The molecule has 0 saturated carbocycles. The minimum Gasteiger partial charge on any atom is -0.470 e. The van der Waals surface area contributed by atoms with E-state index >= 15 is 0 Å². The number of ether oxygens (including phenoxy) is 1. The summed E-state index contributed by atoms with van der Waals surface area (Å²) in [6.07, 6.45) is 7.55. The zero-order chi connectivity index (χ0) is 18.4. The molecule has 1 atom stereocenters. The number of nitrogens with zero attached hydrogens (tertiary/aromatic N) is 4. The summed E-state index contributed by atoms with van der Waals surface area (Å²) in [5, 5.41) is 9.67. The standard InChI is InChI=1S/C19H17ClN4O2/c20-16-6-2-1-4-14(16)7-8-18(25)24-11-3-5-15(13-24)26-19-17(12-21)22-9-10-23-19/h1-2,4,6-10,15H,3,5,11,13H2/b8-7+. The molecule has 1 unspecified atom stereocenters. The lowest BCUT2D eigenvalue weighted by molar-refractivity contribution is -0.128. The van der Waals surface area contributed by atoms with E-state index in [1.54, 1.807) is 17.0 Å². The minimum absolute atomic E-state index is 0.0992. The van der Waals surface area contributed by atoms with E-state index < -0.39 is 0 Å². The van der Waals surface area contributed by atoms with E-state index in [9.17, 15) is 4.79 Å². The van der Waals surface area contributed by atoms with Gasteiger partial charge in [-0.05, 0) is 30.5 Å². The highest BCUT2D eigenvalue weighted by atomic mass is 35.5. The van der Waals surface area contributed by atoms with Crippen molar-refractivity contribution >= 4 is 23.6 Å². The Morgan fingerprint density at radius 3 is 2.96 bits per heavy atom. The van der Waals surface area contributed by atoms with Crippen LogP contribution in [0.1, 0.15) is 24.1 Å². The van der Waals surface area contributed by atoms with E-state index in [1.807, 2.05) is 24.3 Å². The maximum absolute atomic E-state index is 12.5. The van der Waals surface area contributed by atoms with Crippen LogP contribution in [0.5, 0.6) is 5.88 Å². The molecular weight excluding hydrogens is 352 g/mol. The Hall–Kier alpha value is -2.91. The Labute approximate surface area is 156 Å². The molecule has 1 aliphatic rings. The van der Waals surface area contributed by atoms with Crippen LogP contribution in [-0.4, -0.2) is 40.0 Å². The van der Waals surface area contributed by atoms with Gasteiger partial charge in [0.05, 0.1) is 6.54 Å². The van der Waals surface area contributed by atoms with Crippen LogP contribution in [0.25, 0.3) is 6.08 Å². The zero-order valence-electron chi connectivity index (χ0n) is 14.0. The van der Waals surface area contributed by atoms with Gasteiger partial charge in [-0.1, -0.05) is 29.8 Å². The summed E-state index contributed by atoms with van der Waals surface area (Å²) in [5.74, 6) is 0.110.